The minimum absolute atomic E-state index is 0.1000. The molecule has 0 spiro atoms. The van der Waals surface area contributed by atoms with Crippen LogP contribution >= 0.6 is 11.3 Å². The number of aliphatic hydroxyl groups is 1. The van der Waals surface area contributed by atoms with E-state index in [2.05, 4.69) is 16.3 Å². The van der Waals surface area contributed by atoms with Gasteiger partial charge in [0.05, 0.1) is 12.1 Å². The molecule has 1 amide bonds. The van der Waals surface area contributed by atoms with E-state index in [0.717, 1.165) is 38.9 Å². The maximum Gasteiger partial charge on any atom is 0.237 e. The molecule has 0 saturated carbocycles. The second-order valence-corrected chi connectivity index (χ2v) is 7.72. The molecule has 2 aliphatic heterocycles. The average molecular weight is 308 g/mol. The zero-order valence-corrected chi connectivity index (χ0v) is 13.7. The van der Waals surface area contributed by atoms with Crippen molar-refractivity contribution in [2.24, 2.45) is 0 Å². The Kier molecular flexibility index (Phi) is 4.08. The number of rotatable bonds is 3. The summed E-state index contributed by atoms with van der Waals surface area (Å²) in [6, 6.07) is 2.23. The molecule has 0 bridgehead atoms. The Bertz CT molecular complexity index is 521. The summed E-state index contributed by atoms with van der Waals surface area (Å²) in [6.07, 6.45) is 3.02. The van der Waals surface area contributed by atoms with Crippen molar-refractivity contribution in [3.05, 3.63) is 21.9 Å². The van der Waals surface area contributed by atoms with Crippen molar-refractivity contribution in [1.29, 1.82) is 0 Å². The van der Waals surface area contributed by atoms with Gasteiger partial charge in [0.15, 0.2) is 0 Å². The molecule has 21 heavy (non-hydrogen) atoms. The zero-order chi connectivity index (χ0) is 15.0. The van der Waals surface area contributed by atoms with E-state index in [0.29, 0.717) is 6.54 Å². The highest BCUT2D eigenvalue weighted by Gasteiger charge is 2.37. The van der Waals surface area contributed by atoms with Gasteiger partial charge in [0.2, 0.25) is 5.91 Å². The second-order valence-electron chi connectivity index (χ2n) is 6.72. The van der Waals surface area contributed by atoms with Gasteiger partial charge in [-0.05, 0) is 56.7 Å². The van der Waals surface area contributed by atoms with Crippen LogP contribution in [-0.2, 0) is 17.8 Å². The van der Waals surface area contributed by atoms with Crippen molar-refractivity contribution in [2.45, 2.75) is 51.3 Å². The van der Waals surface area contributed by atoms with Crippen LogP contribution in [0.5, 0.6) is 0 Å². The first-order valence-electron chi connectivity index (χ1n) is 7.74. The third-order valence-corrected chi connectivity index (χ3v) is 5.70. The van der Waals surface area contributed by atoms with E-state index < -0.39 is 5.60 Å². The van der Waals surface area contributed by atoms with Gasteiger partial charge in [0.1, 0.15) is 0 Å². The summed E-state index contributed by atoms with van der Waals surface area (Å²) in [5.41, 5.74) is 0.569. The summed E-state index contributed by atoms with van der Waals surface area (Å²) in [7, 11) is 0. The van der Waals surface area contributed by atoms with Gasteiger partial charge in [-0.15, -0.1) is 11.3 Å². The Balaban J connectivity index is 1.62. The lowest BCUT2D eigenvalue weighted by molar-refractivity contribution is -0.134. The number of thiophene rings is 1. The van der Waals surface area contributed by atoms with E-state index in [1.54, 1.807) is 11.3 Å². The van der Waals surface area contributed by atoms with Gasteiger partial charge < -0.3 is 10.0 Å². The fourth-order valence-electron chi connectivity index (χ4n) is 3.55. The molecule has 1 unspecified atom stereocenters. The molecule has 2 aliphatic rings. The van der Waals surface area contributed by atoms with Crippen molar-refractivity contribution in [1.82, 2.24) is 9.80 Å². The van der Waals surface area contributed by atoms with E-state index in [-0.39, 0.29) is 11.9 Å². The van der Waals surface area contributed by atoms with Crippen LogP contribution in [0.3, 0.4) is 0 Å². The summed E-state index contributed by atoms with van der Waals surface area (Å²) in [5, 5.41) is 12.4. The number of amides is 1. The quantitative estimate of drug-likeness (QED) is 0.927. The molecule has 1 aromatic heterocycles. The van der Waals surface area contributed by atoms with Crippen LogP contribution in [-0.4, -0.2) is 52.1 Å². The summed E-state index contributed by atoms with van der Waals surface area (Å²) in [5.74, 6) is 0.197. The lowest BCUT2D eigenvalue weighted by Crippen LogP contribution is -2.50. The van der Waals surface area contributed by atoms with Crippen LogP contribution in [0.25, 0.3) is 0 Å². The fourth-order valence-corrected chi connectivity index (χ4v) is 4.44. The molecule has 4 nitrogen and oxygen atoms in total. The highest BCUT2D eigenvalue weighted by molar-refractivity contribution is 7.10. The zero-order valence-electron chi connectivity index (χ0n) is 12.8. The van der Waals surface area contributed by atoms with Crippen LogP contribution in [0.15, 0.2) is 11.4 Å². The first-order chi connectivity index (χ1) is 9.95. The normalized spacial score (nSPS) is 23.4. The largest absolute Gasteiger partial charge is 0.389 e. The number of carbonyl (C=O) groups is 1. The van der Waals surface area contributed by atoms with Crippen molar-refractivity contribution >= 4 is 17.2 Å². The van der Waals surface area contributed by atoms with E-state index in [1.165, 1.54) is 10.4 Å². The highest BCUT2D eigenvalue weighted by atomic mass is 32.1. The molecule has 3 rings (SSSR count). The summed E-state index contributed by atoms with van der Waals surface area (Å²) < 4.78 is 0. The number of carbonyl (C=O) groups excluding carboxylic acids is 1. The van der Waals surface area contributed by atoms with Crippen LogP contribution in [0, 0.1) is 0 Å². The predicted molar refractivity (Wildman–Crippen MR) is 84.3 cm³/mol. The fraction of sp³-hybridized carbons (Fsp3) is 0.688. The monoisotopic (exact) mass is 308 g/mol. The summed E-state index contributed by atoms with van der Waals surface area (Å²) in [4.78, 5) is 18.1. The SMILES string of the molecule is CC(C)(O)C1CCCN1CC(=O)N1CCc2sccc2C1. The van der Waals surface area contributed by atoms with Gasteiger partial charge >= 0.3 is 0 Å². The van der Waals surface area contributed by atoms with E-state index in [4.69, 9.17) is 0 Å². The number of fused-ring (bicyclic) bond motifs is 1. The van der Waals surface area contributed by atoms with E-state index >= 15 is 0 Å². The van der Waals surface area contributed by atoms with Crippen LogP contribution in [0.4, 0.5) is 0 Å². The second kappa shape index (κ2) is 5.71. The Morgan fingerprint density at radius 1 is 1.48 bits per heavy atom. The van der Waals surface area contributed by atoms with Crippen LogP contribution in [0.2, 0.25) is 0 Å². The van der Waals surface area contributed by atoms with Gasteiger partial charge in [0, 0.05) is 24.0 Å². The first-order valence-corrected chi connectivity index (χ1v) is 8.62. The first kappa shape index (κ1) is 15.0. The average Bonchev–Trinajstić information content (AvgIpc) is 3.04. The third kappa shape index (κ3) is 3.15. The van der Waals surface area contributed by atoms with Gasteiger partial charge in [-0.25, -0.2) is 0 Å². The summed E-state index contributed by atoms with van der Waals surface area (Å²) >= 11 is 1.79. The maximum atomic E-state index is 12.6. The van der Waals surface area contributed by atoms with E-state index in [9.17, 15) is 9.90 Å². The standard InChI is InChI=1S/C16H24N2O2S/c1-16(2,20)14-4-3-7-17(14)11-15(19)18-8-5-13-12(10-18)6-9-21-13/h6,9,14,20H,3-5,7-8,10-11H2,1-2H3. The minimum atomic E-state index is -0.737. The van der Waals surface area contributed by atoms with Gasteiger partial charge in [-0.3, -0.25) is 9.69 Å². The number of likely N-dealkylation sites (tertiary alicyclic amines) is 1. The molecule has 116 valence electrons. The molecule has 1 fully saturated rings. The van der Waals surface area contributed by atoms with Crippen molar-refractivity contribution in [3.8, 4) is 0 Å². The Morgan fingerprint density at radius 3 is 3.05 bits per heavy atom. The predicted octanol–water partition coefficient (Wildman–Crippen LogP) is 1.87. The van der Waals surface area contributed by atoms with Crippen molar-refractivity contribution in [3.63, 3.8) is 0 Å². The third-order valence-electron chi connectivity index (χ3n) is 4.68. The van der Waals surface area contributed by atoms with Crippen molar-refractivity contribution < 1.29 is 9.90 Å². The lowest BCUT2D eigenvalue weighted by atomic mass is 9.96. The maximum absolute atomic E-state index is 12.6. The number of hydrogen-bond acceptors (Lipinski definition) is 4. The Labute approximate surface area is 130 Å². The minimum Gasteiger partial charge on any atom is -0.389 e. The smallest absolute Gasteiger partial charge is 0.237 e. The van der Waals surface area contributed by atoms with Gasteiger partial charge in [-0.2, -0.15) is 0 Å². The van der Waals surface area contributed by atoms with Crippen LogP contribution < -0.4 is 0 Å². The molecular weight excluding hydrogens is 284 g/mol. The molecular formula is C16H24N2O2S. The van der Waals surface area contributed by atoms with Crippen LogP contribution in [0.1, 0.15) is 37.1 Å². The van der Waals surface area contributed by atoms with E-state index in [1.807, 2.05) is 18.7 Å². The van der Waals surface area contributed by atoms with Gasteiger partial charge in [0.25, 0.3) is 0 Å². The number of nitrogens with zero attached hydrogens (tertiary/aromatic N) is 2. The lowest BCUT2D eigenvalue weighted by Gasteiger charge is -2.35. The highest BCUT2D eigenvalue weighted by Crippen LogP contribution is 2.28. The Morgan fingerprint density at radius 2 is 2.29 bits per heavy atom. The molecule has 1 saturated heterocycles. The molecule has 1 atom stereocenters. The van der Waals surface area contributed by atoms with Gasteiger partial charge in [-0.1, -0.05) is 0 Å². The summed E-state index contributed by atoms with van der Waals surface area (Å²) in [6.45, 7) is 6.62. The molecule has 1 N–H and O–H groups in total. The molecule has 0 aromatic carbocycles. The molecule has 1 aromatic rings. The molecule has 0 radical (unpaired) electrons. The van der Waals surface area contributed by atoms with Crippen molar-refractivity contribution in [2.75, 3.05) is 19.6 Å². The number of hydrogen-bond donors (Lipinski definition) is 1. The molecule has 0 aliphatic carbocycles. The molecule has 3 heterocycles. The Hall–Kier alpha value is -0.910. The molecule has 5 heteroatoms. The topological polar surface area (TPSA) is 43.8 Å².